The molecule has 0 saturated carbocycles. The molecule has 1 heterocycles. The van der Waals surface area contributed by atoms with Gasteiger partial charge in [0, 0.05) is 12.0 Å². The predicted molar refractivity (Wildman–Crippen MR) is 147 cm³/mol. The number of esters is 1. The quantitative estimate of drug-likeness (QED) is 0.0991. The highest BCUT2D eigenvalue weighted by Gasteiger charge is 2.32. The van der Waals surface area contributed by atoms with Crippen LogP contribution in [-0.4, -0.2) is 34.1 Å². The Morgan fingerprint density at radius 1 is 1.05 bits per heavy atom. The Labute approximate surface area is 226 Å². The number of hydrogen-bond donors (Lipinski definition) is 0. The van der Waals surface area contributed by atoms with E-state index in [1.165, 1.54) is 17.7 Å². The van der Waals surface area contributed by atoms with Crippen molar-refractivity contribution in [1.29, 1.82) is 0 Å². The molecular weight excluding hydrogens is 498 g/mol. The van der Waals surface area contributed by atoms with Gasteiger partial charge in [0.1, 0.15) is 12.4 Å². The van der Waals surface area contributed by atoms with Gasteiger partial charge in [-0.2, -0.15) is 0 Å². The van der Waals surface area contributed by atoms with E-state index in [2.05, 4.69) is 19.1 Å². The van der Waals surface area contributed by atoms with Crippen LogP contribution in [0.25, 0.3) is 0 Å². The maximum atomic E-state index is 12.7. The number of carbonyl (C=O) groups excluding carboxylic acids is 1. The van der Waals surface area contributed by atoms with Crippen molar-refractivity contribution in [3.05, 3.63) is 93.5 Å². The van der Waals surface area contributed by atoms with Gasteiger partial charge in [0.2, 0.25) is 0 Å². The molecule has 8 heteroatoms. The summed E-state index contributed by atoms with van der Waals surface area (Å²) in [5, 5.41) is 13.0. The zero-order chi connectivity index (χ0) is 26.9. The summed E-state index contributed by atoms with van der Waals surface area (Å²) in [6.45, 7) is 2.76. The minimum Gasteiger partial charge on any atom is -0.497 e. The zero-order valence-electron chi connectivity index (χ0n) is 21.9. The Kier molecular flexibility index (Phi) is 9.54. The average Bonchev–Trinajstić information content (AvgIpc) is 2.94. The standard InChI is InChI=1S/C30H33NO6Si/c1-3-4-14-38-29-18-23(11-13-28(29)35-2)25-17-24(30(32)37-20-25)15-22-10-12-27(26(16-22)31(33)34)36-19-21-8-6-5-7-9-21/h5-13,16,18,24-25H,3-4,14-15,17,19-20H2,1-2H3/t24?,25-/m1/s1. The molecule has 1 unspecified atom stereocenters. The Morgan fingerprint density at radius 3 is 2.58 bits per heavy atom. The molecule has 1 aliphatic heterocycles. The number of nitro benzene ring substituents is 1. The van der Waals surface area contributed by atoms with Crippen LogP contribution < -0.4 is 14.7 Å². The Morgan fingerprint density at radius 2 is 1.84 bits per heavy atom. The van der Waals surface area contributed by atoms with Crippen molar-refractivity contribution in [2.24, 2.45) is 5.92 Å². The molecule has 0 aromatic heterocycles. The van der Waals surface area contributed by atoms with E-state index in [-0.39, 0.29) is 35.8 Å². The highest BCUT2D eigenvalue weighted by Crippen LogP contribution is 2.34. The number of nitrogens with zero attached hydrogens (tertiary/aromatic N) is 1. The van der Waals surface area contributed by atoms with Crippen LogP contribution in [0.4, 0.5) is 5.69 Å². The molecule has 3 aromatic rings. The highest BCUT2D eigenvalue weighted by molar-refractivity contribution is 6.54. The molecule has 0 N–H and O–H groups in total. The molecular formula is C30H33NO6Si. The van der Waals surface area contributed by atoms with Gasteiger partial charge in [-0.3, -0.25) is 14.9 Å². The number of cyclic esters (lactones) is 1. The molecule has 1 saturated heterocycles. The van der Waals surface area contributed by atoms with Gasteiger partial charge in [-0.05, 0) is 46.9 Å². The first-order valence-electron chi connectivity index (χ1n) is 13.0. The maximum absolute atomic E-state index is 12.7. The molecule has 38 heavy (non-hydrogen) atoms. The van der Waals surface area contributed by atoms with Crippen molar-refractivity contribution in [3.8, 4) is 11.5 Å². The minimum absolute atomic E-state index is 0.0711. The first-order chi connectivity index (χ1) is 18.5. The van der Waals surface area contributed by atoms with Crippen LogP contribution >= 0.6 is 0 Å². The monoisotopic (exact) mass is 531 g/mol. The number of rotatable bonds is 12. The molecule has 3 aromatic carbocycles. The number of benzene rings is 3. The van der Waals surface area contributed by atoms with E-state index in [9.17, 15) is 14.9 Å². The normalized spacial score (nSPS) is 17.1. The molecule has 2 radical (unpaired) electrons. The lowest BCUT2D eigenvalue weighted by molar-refractivity contribution is -0.386. The van der Waals surface area contributed by atoms with E-state index in [0.29, 0.717) is 34.5 Å². The molecule has 0 bridgehead atoms. The van der Waals surface area contributed by atoms with E-state index in [4.69, 9.17) is 14.2 Å². The summed E-state index contributed by atoms with van der Waals surface area (Å²) in [5.74, 6) is 0.544. The number of hydrogen-bond acceptors (Lipinski definition) is 6. The van der Waals surface area contributed by atoms with Gasteiger partial charge >= 0.3 is 11.7 Å². The molecule has 7 nitrogen and oxygen atoms in total. The number of unbranched alkanes of at least 4 members (excludes halogenated alkanes) is 1. The summed E-state index contributed by atoms with van der Waals surface area (Å²) in [5.41, 5.74) is 2.67. The summed E-state index contributed by atoms with van der Waals surface area (Å²) in [6.07, 6.45) is 3.34. The van der Waals surface area contributed by atoms with Crippen LogP contribution in [-0.2, 0) is 22.6 Å². The van der Waals surface area contributed by atoms with Crippen LogP contribution in [0, 0.1) is 16.0 Å². The first kappa shape index (κ1) is 27.4. The molecule has 0 aliphatic carbocycles. The van der Waals surface area contributed by atoms with Gasteiger partial charge in [0.05, 0.1) is 34.1 Å². The van der Waals surface area contributed by atoms with Gasteiger partial charge in [-0.25, -0.2) is 0 Å². The Balaban J connectivity index is 1.47. The van der Waals surface area contributed by atoms with Crippen molar-refractivity contribution >= 4 is 26.4 Å². The van der Waals surface area contributed by atoms with Crippen molar-refractivity contribution in [3.63, 3.8) is 0 Å². The number of methoxy groups -OCH3 is 1. The summed E-state index contributed by atoms with van der Waals surface area (Å²) in [7, 11) is 2.36. The molecule has 2 atom stereocenters. The first-order valence-corrected chi connectivity index (χ1v) is 14.2. The summed E-state index contributed by atoms with van der Waals surface area (Å²) in [6, 6.07) is 21.8. The average molecular weight is 532 g/mol. The van der Waals surface area contributed by atoms with Gasteiger partial charge in [0.25, 0.3) is 0 Å². The van der Waals surface area contributed by atoms with Gasteiger partial charge < -0.3 is 14.2 Å². The third-order valence-electron chi connectivity index (χ3n) is 6.81. The third-order valence-corrected chi connectivity index (χ3v) is 8.18. The maximum Gasteiger partial charge on any atom is 0.311 e. The Hall–Kier alpha value is -3.65. The second kappa shape index (κ2) is 13.2. The topological polar surface area (TPSA) is 87.9 Å². The number of carbonyl (C=O) groups is 1. The largest absolute Gasteiger partial charge is 0.497 e. The van der Waals surface area contributed by atoms with Crippen LogP contribution in [0.1, 0.15) is 48.8 Å². The molecule has 0 spiro atoms. The lowest BCUT2D eigenvalue weighted by atomic mass is 9.84. The van der Waals surface area contributed by atoms with Gasteiger partial charge in [-0.15, -0.1) is 0 Å². The van der Waals surface area contributed by atoms with Crippen molar-refractivity contribution in [1.82, 2.24) is 0 Å². The van der Waals surface area contributed by atoms with Crippen LogP contribution in [0.3, 0.4) is 0 Å². The fourth-order valence-corrected chi connectivity index (χ4v) is 6.13. The fraction of sp³-hybridized carbons (Fsp3) is 0.367. The minimum atomic E-state index is -0.440. The van der Waals surface area contributed by atoms with E-state index in [1.54, 1.807) is 19.2 Å². The van der Waals surface area contributed by atoms with Crippen LogP contribution in [0.15, 0.2) is 66.7 Å². The van der Waals surface area contributed by atoms with Crippen LogP contribution in [0.5, 0.6) is 11.5 Å². The zero-order valence-corrected chi connectivity index (χ0v) is 22.9. The molecule has 4 rings (SSSR count). The van der Waals surface area contributed by atoms with Crippen LogP contribution in [0.2, 0.25) is 6.04 Å². The number of nitro groups is 1. The third kappa shape index (κ3) is 7.01. The second-order valence-electron chi connectivity index (χ2n) is 9.54. The van der Waals surface area contributed by atoms with E-state index in [0.717, 1.165) is 29.3 Å². The number of ether oxygens (including phenoxy) is 3. The summed E-state index contributed by atoms with van der Waals surface area (Å²) in [4.78, 5) is 24.0. The predicted octanol–water partition coefficient (Wildman–Crippen LogP) is 5.62. The van der Waals surface area contributed by atoms with E-state index < -0.39 is 4.92 Å². The fourth-order valence-electron chi connectivity index (χ4n) is 4.70. The molecule has 198 valence electrons. The second-order valence-corrected chi connectivity index (χ2v) is 10.9. The molecule has 1 aliphatic rings. The summed E-state index contributed by atoms with van der Waals surface area (Å²) < 4.78 is 16.9. The van der Waals surface area contributed by atoms with Crippen molar-refractivity contribution in [2.45, 2.75) is 51.2 Å². The Bertz CT molecular complexity index is 1250. The lowest BCUT2D eigenvalue weighted by Crippen LogP contribution is -2.31. The summed E-state index contributed by atoms with van der Waals surface area (Å²) >= 11 is 0. The van der Waals surface area contributed by atoms with Gasteiger partial charge in [-0.1, -0.05) is 74.3 Å². The van der Waals surface area contributed by atoms with E-state index in [1.807, 2.05) is 36.4 Å². The molecule has 0 amide bonds. The SMILES string of the molecule is CCCC[Si]c1cc([C@H]2COC(=O)C(Cc3ccc(OCc4ccccc4)c([N+](=O)[O-])c3)C2)ccc1OC. The lowest BCUT2D eigenvalue weighted by Gasteiger charge is -2.29. The van der Waals surface area contributed by atoms with Crippen molar-refractivity contribution < 1.29 is 23.9 Å². The van der Waals surface area contributed by atoms with E-state index >= 15 is 0 Å². The highest BCUT2D eigenvalue weighted by atomic mass is 28.2. The van der Waals surface area contributed by atoms with Gasteiger partial charge in [0.15, 0.2) is 5.75 Å². The molecule has 1 fully saturated rings. The van der Waals surface area contributed by atoms with Crippen molar-refractivity contribution in [2.75, 3.05) is 13.7 Å². The smallest absolute Gasteiger partial charge is 0.311 e.